The monoisotopic (exact) mass is 265 g/mol. The Morgan fingerprint density at radius 1 is 1.26 bits per heavy atom. The molecule has 0 atom stereocenters. The Morgan fingerprint density at radius 2 is 1.79 bits per heavy atom. The van der Waals surface area contributed by atoms with Gasteiger partial charge in [0.05, 0.1) is 0 Å². The van der Waals surface area contributed by atoms with E-state index in [1.165, 1.54) is 9.58 Å². The minimum absolute atomic E-state index is 0.277. The second-order valence-electron chi connectivity index (χ2n) is 5.85. The van der Waals surface area contributed by atoms with Gasteiger partial charge in [0, 0.05) is 17.9 Å². The molecule has 0 unspecified atom stereocenters. The van der Waals surface area contributed by atoms with Crippen molar-refractivity contribution in [2.24, 2.45) is 0 Å². The van der Waals surface area contributed by atoms with E-state index in [1.54, 1.807) is 45.3 Å². The van der Waals surface area contributed by atoms with Crippen molar-refractivity contribution in [1.82, 2.24) is 9.58 Å². The third kappa shape index (κ3) is 2.43. The lowest BCUT2D eigenvalue weighted by atomic mass is 10.0. The molecule has 0 radical (unpaired) electrons. The minimum atomic E-state index is -1.06. The van der Waals surface area contributed by atoms with Gasteiger partial charge in [-0.3, -0.25) is 19.8 Å². The molecule has 0 spiro atoms. The zero-order valence-corrected chi connectivity index (χ0v) is 11.4. The van der Waals surface area contributed by atoms with Crippen molar-refractivity contribution >= 4 is 12.0 Å². The summed E-state index contributed by atoms with van der Waals surface area (Å²) in [5.41, 5.74) is 1.15. The molecule has 19 heavy (non-hydrogen) atoms. The third-order valence-electron chi connectivity index (χ3n) is 3.27. The first-order valence-corrected chi connectivity index (χ1v) is 6.25. The number of carboxylic acid groups (broad SMARTS) is 1. The summed E-state index contributed by atoms with van der Waals surface area (Å²) in [6.45, 7) is 5.39. The lowest BCUT2D eigenvalue weighted by Gasteiger charge is -2.39. The van der Waals surface area contributed by atoms with Gasteiger partial charge in [0.2, 0.25) is 0 Å². The van der Waals surface area contributed by atoms with E-state index in [4.69, 9.17) is 0 Å². The number of rotatable bonds is 3. The molecule has 0 saturated heterocycles. The van der Waals surface area contributed by atoms with Gasteiger partial charge in [0.25, 0.3) is 5.91 Å². The number of nitrogens with zero attached hydrogens (tertiary/aromatic N) is 2. The van der Waals surface area contributed by atoms with Crippen molar-refractivity contribution in [3.05, 3.63) is 24.5 Å². The first kappa shape index (κ1) is 13.5. The Hall–Kier alpha value is -1.98. The first-order valence-electron chi connectivity index (χ1n) is 6.25. The van der Waals surface area contributed by atoms with Crippen LogP contribution < -0.4 is 5.43 Å². The van der Waals surface area contributed by atoms with E-state index < -0.39 is 17.2 Å². The zero-order chi connectivity index (χ0) is 14.3. The van der Waals surface area contributed by atoms with Crippen LogP contribution in [0.4, 0.5) is 4.79 Å². The fourth-order valence-corrected chi connectivity index (χ4v) is 2.41. The minimum Gasteiger partial charge on any atom is -0.465 e. The molecule has 0 aromatic carbocycles. The normalized spacial score (nSPS) is 16.8. The van der Waals surface area contributed by atoms with E-state index in [-0.39, 0.29) is 5.91 Å². The SMILES string of the molecule is CC(C)(C)N(C(=O)O)C1(C(=O)Nn2cccc2)CC1. The van der Waals surface area contributed by atoms with Crippen LogP contribution in [-0.4, -0.2) is 37.8 Å². The highest BCUT2D eigenvalue weighted by atomic mass is 16.4. The summed E-state index contributed by atoms with van der Waals surface area (Å²) in [5.74, 6) is -0.277. The van der Waals surface area contributed by atoms with Gasteiger partial charge in [0.1, 0.15) is 5.54 Å². The number of nitrogens with one attached hydrogen (secondary N) is 1. The lowest BCUT2D eigenvalue weighted by Crippen LogP contribution is -2.58. The highest BCUT2D eigenvalue weighted by Gasteiger charge is 2.59. The molecule has 1 aliphatic rings. The van der Waals surface area contributed by atoms with Gasteiger partial charge in [-0.15, -0.1) is 0 Å². The molecule has 1 heterocycles. The zero-order valence-electron chi connectivity index (χ0n) is 11.4. The topological polar surface area (TPSA) is 74.6 Å². The summed E-state index contributed by atoms with van der Waals surface area (Å²) in [6, 6.07) is 3.58. The lowest BCUT2D eigenvalue weighted by molar-refractivity contribution is -0.125. The van der Waals surface area contributed by atoms with E-state index in [0.29, 0.717) is 12.8 Å². The number of carbonyl (C=O) groups is 2. The Morgan fingerprint density at radius 3 is 2.16 bits per heavy atom. The van der Waals surface area contributed by atoms with E-state index >= 15 is 0 Å². The molecule has 2 amide bonds. The molecule has 1 aromatic rings. The smallest absolute Gasteiger partial charge is 0.408 e. The van der Waals surface area contributed by atoms with Crippen molar-refractivity contribution in [3.8, 4) is 0 Å². The van der Waals surface area contributed by atoms with Crippen LogP contribution in [0.25, 0.3) is 0 Å². The quantitative estimate of drug-likeness (QED) is 0.876. The highest BCUT2D eigenvalue weighted by Crippen LogP contribution is 2.45. The molecule has 0 bridgehead atoms. The van der Waals surface area contributed by atoms with Gasteiger partial charge in [0.15, 0.2) is 0 Å². The molecular formula is C13H19N3O3. The van der Waals surface area contributed by atoms with Crippen LogP contribution in [0.1, 0.15) is 33.6 Å². The summed E-state index contributed by atoms with van der Waals surface area (Å²) in [5, 5.41) is 9.40. The van der Waals surface area contributed by atoms with Crippen LogP contribution in [0.3, 0.4) is 0 Å². The molecule has 104 valence electrons. The van der Waals surface area contributed by atoms with E-state index in [0.717, 1.165) is 0 Å². The molecule has 6 nitrogen and oxygen atoms in total. The molecule has 1 fully saturated rings. The number of amides is 2. The van der Waals surface area contributed by atoms with Crippen molar-refractivity contribution in [3.63, 3.8) is 0 Å². The van der Waals surface area contributed by atoms with Crippen LogP contribution >= 0.6 is 0 Å². The Balaban J connectivity index is 2.21. The van der Waals surface area contributed by atoms with Gasteiger partial charge in [-0.1, -0.05) is 0 Å². The van der Waals surface area contributed by atoms with Crippen LogP contribution in [-0.2, 0) is 4.79 Å². The predicted molar refractivity (Wildman–Crippen MR) is 70.4 cm³/mol. The van der Waals surface area contributed by atoms with Crippen LogP contribution in [0.5, 0.6) is 0 Å². The van der Waals surface area contributed by atoms with Crippen molar-refractivity contribution in [1.29, 1.82) is 0 Å². The largest absolute Gasteiger partial charge is 0.465 e. The molecule has 2 rings (SSSR count). The van der Waals surface area contributed by atoms with Gasteiger partial charge < -0.3 is 5.11 Å². The molecule has 1 aliphatic carbocycles. The predicted octanol–water partition coefficient (Wildman–Crippen LogP) is 1.87. The van der Waals surface area contributed by atoms with Crippen LogP contribution in [0.2, 0.25) is 0 Å². The summed E-state index contributed by atoms with van der Waals surface area (Å²) < 4.78 is 1.53. The summed E-state index contributed by atoms with van der Waals surface area (Å²) in [6.07, 6.45) is 3.47. The average molecular weight is 265 g/mol. The Labute approximate surface area is 112 Å². The second-order valence-corrected chi connectivity index (χ2v) is 5.85. The molecular weight excluding hydrogens is 246 g/mol. The van der Waals surface area contributed by atoms with E-state index in [9.17, 15) is 14.7 Å². The summed E-state index contributed by atoms with van der Waals surface area (Å²) >= 11 is 0. The van der Waals surface area contributed by atoms with E-state index in [1.807, 2.05) is 0 Å². The van der Waals surface area contributed by atoms with E-state index in [2.05, 4.69) is 5.43 Å². The number of hydrogen-bond acceptors (Lipinski definition) is 2. The maximum Gasteiger partial charge on any atom is 0.408 e. The fraction of sp³-hybridized carbons (Fsp3) is 0.538. The van der Waals surface area contributed by atoms with Crippen molar-refractivity contribution in [2.45, 2.75) is 44.7 Å². The molecule has 6 heteroatoms. The molecule has 0 aliphatic heterocycles. The average Bonchev–Trinajstić information content (AvgIpc) is 2.86. The van der Waals surface area contributed by atoms with Crippen molar-refractivity contribution in [2.75, 3.05) is 5.43 Å². The molecule has 1 aromatic heterocycles. The van der Waals surface area contributed by atoms with Gasteiger partial charge in [-0.2, -0.15) is 0 Å². The number of hydrogen-bond donors (Lipinski definition) is 2. The summed E-state index contributed by atoms with van der Waals surface area (Å²) in [7, 11) is 0. The Kier molecular flexibility index (Phi) is 3.04. The maximum atomic E-state index is 12.4. The van der Waals surface area contributed by atoms with Gasteiger partial charge >= 0.3 is 6.09 Å². The first-order chi connectivity index (χ1) is 8.77. The standard InChI is InChI=1S/C13H19N3O3/c1-12(2,3)16(11(18)19)13(6-7-13)10(17)14-15-8-4-5-9-15/h4-5,8-9H,6-7H2,1-3H3,(H,14,17)(H,18,19). The van der Waals surface area contributed by atoms with Crippen LogP contribution in [0.15, 0.2) is 24.5 Å². The molecule has 2 N–H and O–H groups in total. The van der Waals surface area contributed by atoms with Crippen molar-refractivity contribution < 1.29 is 14.7 Å². The second kappa shape index (κ2) is 4.29. The maximum absolute atomic E-state index is 12.4. The fourth-order valence-electron chi connectivity index (χ4n) is 2.41. The summed E-state index contributed by atoms with van der Waals surface area (Å²) in [4.78, 5) is 25.1. The van der Waals surface area contributed by atoms with Gasteiger partial charge in [-0.25, -0.2) is 4.79 Å². The number of carbonyl (C=O) groups excluding carboxylic acids is 1. The molecule has 1 saturated carbocycles. The third-order valence-corrected chi connectivity index (χ3v) is 3.27. The number of aromatic nitrogens is 1. The van der Waals surface area contributed by atoms with Gasteiger partial charge in [-0.05, 0) is 45.7 Å². The Bertz CT molecular complexity index is 484. The van der Waals surface area contributed by atoms with Crippen LogP contribution in [0, 0.1) is 0 Å². The highest BCUT2D eigenvalue weighted by molar-refractivity contribution is 5.98.